The van der Waals surface area contributed by atoms with Crippen molar-refractivity contribution in [2.24, 2.45) is 0 Å². The van der Waals surface area contributed by atoms with Gasteiger partial charge in [-0.3, -0.25) is 19.4 Å². The van der Waals surface area contributed by atoms with Gasteiger partial charge in [0, 0.05) is 38.1 Å². The van der Waals surface area contributed by atoms with Crippen LogP contribution in [0.4, 0.5) is 4.39 Å². The number of amides is 1. The Labute approximate surface area is 208 Å². The maximum absolute atomic E-state index is 13.4. The normalized spacial score (nSPS) is 23.0. The molecule has 5 heterocycles. The minimum absolute atomic E-state index is 0.0471. The van der Waals surface area contributed by atoms with E-state index in [0.29, 0.717) is 47.5 Å². The summed E-state index contributed by atoms with van der Waals surface area (Å²) in [6.45, 7) is 4.23. The second kappa shape index (κ2) is 9.40. The third kappa shape index (κ3) is 5.05. The molecule has 0 bridgehead atoms. The van der Waals surface area contributed by atoms with Crippen molar-refractivity contribution in [3.8, 4) is 17.0 Å². The summed E-state index contributed by atoms with van der Waals surface area (Å²) >= 11 is 0. The van der Waals surface area contributed by atoms with Gasteiger partial charge in [-0.15, -0.1) is 0 Å². The van der Waals surface area contributed by atoms with Gasteiger partial charge in [-0.25, -0.2) is 12.8 Å². The van der Waals surface area contributed by atoms with Crippen molar-refractivity contribution in [1.29, 1.82) is 0 Å². The first kappa shape index (κ1) is 24.6. The predicted octanol–water partition coefficient (Wildman–Crippen LogP) is 2.85. The van der Waals surface area contributed by atoms with E-state index in [9.17, 15) is 17.6 Å². The number of aromatic nitrogens is 4. The third-order valence-corrected chi connectivity index (χ3v) is 8.45. The van der Waals surface area contributed by atoms with E-state index in [2.05, 4.69) is 15.3 Å². The number of hydrogen-bond acceptors (Lipinski definition) is 8. The van der Waals surface area contributed by atoms with Crippen LogP contribution in [0, 0.1) is 0 Å². The molecule has 192 valence electrons. The number of fused-ring (bicyclic) bond motifs is 1. The second-order valence-electron chi connectivity index (χ2n) is 9.66. The SMILES string of the molecule is CC(F)Oc1cncc(-c2nn(C3CCOCC3)c3cc(C(=O)N[C@@]4(C)CCS(=O)(=O)C4)cnc23)c1. The highest BCUT2D eigenvalue weighted by Crippen LogP contribution is 2.33. The molecular weight excluding hydrogens is 489 g/mol. The molecule has 10 nitrogen and oxygen atoms in total. The summed E-state index contributed by atoms with van der Waals surface area (Å²) in [6.07, 6.45) is 4.87. The van der Waals surface area contributed by atoms with E-state index in [-0.39, 0.29) is 29.2 Å². The minimum Gasteiger partial charge on any atom is -0.459 e. The summed E-state index contributed by atoms with van der Waals surface area (Å²) in [5.41, 5.74) is 1.88. The van der Waals surface area contributed by atoms with Crippen molar-refractivity contribution in [2.75, 3.05) is 24.7 Å². The number of pyridine rings is 2. The van der Waals surface area contributed by atoms with E-state index in [4.69, 9.17) is 14.6 Å². The summed E-state index contributed by atoms with van der Waals surface area (Å²) in [7, 11) is -3.17. The fourth-order valence-corrected chi connectivity index (χ4v) is 6.89. The van der Waals surface area contributed by atoms with Crippen LogP contribution >= 0.6 is 0 Å². The van der Waals surface area contributed by atoms with Crippen LogP contribution in [0.15, 0.2) is 30.7 Å². The Balaban J connectivity index is 1.54. The van der Waals surface area contributed by atoms with Crippen molar-refractivity contribution in [2.45, 2.75) is 51.0 Å². The summed E-state index contributed by atoms with van der Waals surface area (Å²) in [5.74, 6) is -0.153. The van der Waals surface area contributed by atoms with Crippen molar-refractivity contribution >= 4 is 26.8 Å². The van der Waals surface area contributed by atoms with Crippen LogP contribution in [0.5, 0.6) is 5.75 Å². The van der Waals surface area contributed by atoms with Crippen LogP contribution in [0.3, 0.4) is 0 Å². The Morgan fingerprint density at radius 1 is 1.28 bits per heavy atom. The van der Waals surface area contributed by atoms with Gasteiger partial charge in [0.1, 0.15) is 17.0 Å². The number of hydrogen-bond donors (Lipinski definition) is 1. The number of alkyl halides is 1. The van der Waals surface area contributed by atoms with Gasteiger partial charge >= 0.3 is 0 Å². The minimum atomic E-state index is -3.17. The number of sulfone groups is 1. The molecule has 0 radical (unpaired) electrons. The monoisotopic (exact) mass is 517 g/mol. The van der Waals surface area contributed by atoms with Gasteiger partial charge in [-0.1, -0.05) is 0 Å². The Kier molecular flexibility index (Phi) is 6.41. The lowest BCUT2D eigenvalue weighted by atomic mass is 10.0. The third-order valence-electron chi connectivity index (χ3n) is 6.55. The smallest absolute Gasteiger partial charge is 0.253 e. The van der Waals surface area contributed by atoms with E-state index >= 15 is 0 Å². The summed E-state index contributed by atoms with van der Waals surface area (Å²) in [5, 5.41) is 7.72. The highest BCUT2D eigenvalue weighted by atomic mass is 32.2. The fourth-order valence-electron chi connectivity index (χ4n) is 4.80. The van der Waals surface area contributed by atoms with Crippen molar-refractivity contribution < 1.29 is 27.1 Å². The molecular formula is C24H28FN5O5S. The Morgan fingerprint density at radius 2 is 2.06 bits per heavy atom. The molecule has 0 aliphatic carbocycles. The van der Waals surface area contributed by atoms with Gasteiger partial charge in [0.2, 0.25) is 6.36 Å². The van der Waals surface area contributed by atoms with Crippen molar-refractivity contribution in [3.63, 3.8) is 0 Å². The molecule has 3 aromatic rings. The summed E-state index contributed by atoms with van der Waals surface area (Å²) in [6, 6.07) is 3.43. The molecule has 1 amide bonds. The molecule has 2 saturated heterocycles. The molecule has 0 spiro atoms. The molecule has 2 aliphatic rings. The molecule has 2 fully saturated rings. The van der Waals surface area contributed by atoms with Crippen molar-refractivity contribution in [3.05, 3.63) is 36.3 Å². The predicted molar refractivity (Wildman–Crippen MR) is 130 cm³/mol. The van der Waals surface area contributed by atoms with Gasteiger partial charge in [-0.2, -0.15) is 5.10 Å². The maximum atomic E-state index is 13.4. The Morgan fingerprint density at radius 3 is 2.75 bits per heavy atom. The quantitative estimate of drug-likeness (QED) is 0.529. The van der Waals surface area contributed by atoms with E-state index in [0.717, 1.165) is 12.8 Å². The van der Waals surface area contributed by atoms with Gasteiger partial charge in [0.15, 0.2) is 9.84 Å². The van der Waals surface area contributed by atoms with Gasteiger partial charge in [-0.05, 0) is 38.3 Å². The molecule has 12 heteroatoms. The zero-order chi connectivity index (χ0) is 25.5. The number of halogens is 1. The van der Waals surface area contributed by atoms with E-state index in [1.807, 2.05) is 4.68 Å². The second-order valence-corrected chi connectivity index (χ2v) is 11.8. The van der Waals surface area contributed by atoms with Gasteiger partial charge < -0.3 is 14.8 Å². The zero-order valence-electron chi connectivity index (χ0n) is 20.1. The van der Waals surface area contributed by atoms with Crippen LogP contribution in [0.1, 0.15) is 49.5 Å². The fraction of sp³-hybridized carbons (Fsp3) is 0.500. The topological polar surface area (TPSA) is 125 Å². The molecule has 5 rings (SSSR count). The van der Waals surface area contributed by atoms with Crippen LogP contribution in [0.2, 0.25) is 0 Å². The largest absolute Gasteiger partial charge is 0.459 e. The molecule has 3 aromatic heterocycles. The first-order valence-electron chi connectivity index (χ1n) is 11.9. The maximum Gasteiger partial charge on any atom is 0.253 e. The summed E-state index contributed by atoms with van der Waals surface area (Å²) in [4.78, 5) is 21.9. The number of rotatable bonds is 6. The lowest BCUT2D eigenvalue weighted by molar-refractivity contribution is 0.0675. The first-order valence-corrected chi connectivity index (χ1v) is 13.7. The van der Waals surface area contributed by atoms with Crippen LogP contribution in [0.25, 0.3) is 22.3 Å². The standard InChI is InChI=1S/C24H28FN5O5S/c1-15(25)35-19-9-16(11-26-13-19)21-22-20(30(29-21)18-3-6-34-7-4-18)10-17(12-27-22)23(31)28-24(2)5-8-36(32,33)14-24/h9-13,15,18H,3-8,14H2,1-2H3,(H,28,31)/t15?,24-/m0/s1. The Bertz CT molecular complexity index is 1400. The zero-order valence-corrected chi connectivity index (χ0v) is 20.9. The number of carbonyl (C=O) groups excluding carboxylic acids is 1. The van der Waals surface area contributed by atoms with E-state index in [1.54, 1.807) is 25.3 Å². The molecule has 0 aromatic carbocycles. The van der Waals surface area contributed by atoms with Crippen LogP contribution < -0.4 is 10.1 Å². The molecule has 2 aliphatic heterocycles. The average molecular weight is 518 g/mol. The highest BCUT2D eigenvalue weighted by molar-refractivity contribution is 7.91. The van der Waals surface area contributed by atoms with E-state index < -0.39 is 21.7 Å². The lowest BCUT2D eigenvalue weighted by Gasteiger charge is -2.24. The molecule has 2 atom stereocenters. The summed E-state index contributed by atoms with van der Waals surface area (Å²) < 4.78 is 49.8. The lowest BCUT2D eigenvalue weighted by Crippen LogP contribution is -2.46. The van der Waals surface area contributed by atoms with Crippen LogP contribution in [-0.2, 0) is 14.6 Å². The molecule has 1 N–H and O–H groups in total. The molecule has 36 heavy (non-hydrogen) atoms. The molecule has 1 unspecified atom stereocenters. The number of nitrogens with zero attached hydrogens (tertiary/aromatic N) is 4. The number of ether oxygens (including phenoxy) is 2. The first-order chi connectivity index (χ1) is 17.1. The average Bonchev–Trinajstić information content (AvgIpc) is 3.35. The van der Waals surface area contributed by atoms with E-state index in [1.165, 1.54) is 19.3 Å². The number of nitrogens with one attached hydrogen (secondary N) is 1. The van der Waals surface area contributed by atoms with Crippen LogP contribution in [-0.4, -0.2) is 70.7 Å². The molecule has 0 saturated carbocycles. The van der Waals surface area contributed by atoms with Crippen molar-refractivity contribution in [1.82, 2.24) is 25.1 Å². The van der Waals surface area contributed by atoms with Gasteiger partial charge in [0.25, 0.3) is 5.91 Å². The highest BCUT2D eigenvalue weighted by Gasteiger charge is 2.39. The number of carbonyl (C=O) groups is 1. The van der Waals surface area contributed by atoms with Gasteiger partial charge in [0.05, 0.1) is 40.4 Å². The Hall–Kier alpha value is -3.12.